The van der Waals surface area contributed by atoms with E-state index in [4.69, 9.17) is 51.7 Å². The maximum Gasteiger partial charge on any atom is 0.267 e. The van der Waals surface area contributed by atoms with Crippen LogP contribution in [0.25, 0.3) is 0 Å². The molecular formula is C16H9Cl4N3O. The molecule has 0 atom stereocenters. The lowest BCUT2D eigenvalue weighted by atomic mass is 10.2. The van der Waals surface area contributed by atoms with E-state index < -0.39 is 5.91 Å². The summed E-state index contributed by atoms with van der Waals surface area (Å²) >= 11 is 23.7. The summed E-state index contributed by atoms with van der Waals surface area (Å²) in [7, 11) is 0. The van der Waals surface area contributed by atoms with E-state index in [0.717, 1.165) is 0 Å². The van der Waals surface area contributed by atoms with Crippen molar-refractivity contribution in [3.05, 3.63) is 68.3 Å². The van der Waals surface area contributed by atoms with Gasteiger partial charge < -0.3 is 10.6 Å². The predicted molar refractivity (Wildman–Crippen MR) is 98.9 cm³/mol. The second kappa shape index (κ2) is 8.27. The molecule has 0 heterocycles. The Labute approximate surface area is 158 Å². The Balaban J connectivity index is 2.16. The van der Waals surface area contributed by atoms with Crippen molar-refractivity contribution >= 4 is 63.7 Å². The molecule has 122 valence electrons. The number of anilines is 2. The van der Waals surface area contributed by atoms with Crippen LogP contribution in [0.3, 0.4) is 0 Å². The highest BCUT2D eigenvalue weighted by atomic mass is 35.5. The summed E-state index contributed by atoms with van der Waals surface area (Å²) in [5, 5.41) is 15.8. The van der Waals surface area contributed by atoms with Crippen LogP contribution in [0.2, 0.25) is 20.1 Å². The number of nitriles is 1. The fourth-order valence-corrected chi connectivity index (χ4v) is 2.51. The molecule has 8 heteroatoms. The van der Waals surface area contributed by atoms with Gasteiger partial charge in [0.2, 0.25) is 0 Å². The zero-order valence-electron chi connectivity index (χ0n) is 11.9. The minimum Gasteiger partial charge on any atom is -0.358 e. The van der Waals surface area contributed by atoms with E-state index in [0.29, 0.717) is 26.4 Å². The second-order valence-electron chi connectivity index (χ2n) is 4.49. The van der Waals surface area contributed by atoms with E-state index in [-0.39, 0.29) is 10.6 Å². The topological polar surface area (TPSA) is 64.9 Å². The van der Waals surface area contributed by atoms with E-state index in [1.807, 2.05) is 0 Å². The molecule has 0 bridgehead atoms. The van der Waals surface area contributed by atoms with Crippen LogP contribution in [0.15, 0.2) is 48.2 Å². The Kier molecular flexibility index (Phi) is 6.36. The lowest BCUT2D eigenvalue weighted by Crippen LogP contribution is -2.14. The van der Waals surface area contributed by atoms with Crippen LogP contribution in [-0.2, 0) is 4.79 Å². The molecule has 2 aromatic rings. The van der Waals surface area contributed by atoms with E-state index in [1.54, 1.807) is 30.3 Å². The number of carbonyl (C=O) groups excluding carboxylic acids is 1. The van der Waals surface area contributed by atoms with Crippen LogP contribution in [0, 0.1) is 11.3 Å². The van der Waals surface area contributed by atoms with Crippen molar-refractivity contribution < 1.29 is 4.79 Å². The molecule has 0 fully saturated rings. The van der Waals surface area contributed by atoms with Gasteiger partial charge in [-0.25, -0.2) is 0 Å². The maximum absolute atomic E-state index is 12.1. The lowest BCUT2D eigenvalue weighted by Gasteiger charge is -2.08. The molecule has 0 spiro atoms. The number of nitrogens with zero attached hydrogens (tertiary/aromatic N) is 1. The molecular weight excluding hydrogens is 392 g/mol. The first-order valence-electron chi connectivity index (χ1n) is 6.49. The first-order chi connectivity index (χ1) is 11.4. The van der Waals surface area contributed by atoms with E-state index in [2.05, 4.69) is 10.6 Å². The van der Waals surface area contributed by atoms with Crippen molar-refractivity contribution in [1.29, 1.82) is 5.26 Å². The number of para-hydroxylation sites is 1. The Hall–Kier alpha value is -1.90. The summed E-state index contributed by atoms with van der Waals surface area (Å²) in [6.45, 7) is 0. The number of rotatable bonds is 4. The number of amides is 1. The van der Waals surface area contributed by atoms with Crippen LogP contribution >= 0.6 is 46.4 Å². The quantitative estimate of drug-likeness (QED) is 0.506. The summed E-state index contributed by atoms with van der Waals surface area (Å²) in [5.74, 6) is -0.619. The third kappa shape index (κ3) is 4.56. The second-order valence-corrected chi connectivity index (χ2v) is 6.12. The first kappa shape index (κ1) is 18.4. The number of hydrogen-bond acceptors (Lipinski definition) is 3. The molecule has 2 rings (SSSR count). The van der Waals surface area contributed by atoms with Gasteiger partial charge in [-0.3, -0.25) is 4.79 Å². The largest absolute Gasteiger partial charge is 0.358 e. The summed E-state index contributed by atoms with van der Waals surface area (Å²) in [6.07, 6.45) is 1.22. The Morgan fingerprint density at radius 3 is 2.25 bits per heavy atom. The number of nitrogens with one attached hydrogen (secondary N) is 2. The highest BCUT2D eigenvalue weighted by Crippen LogP contribution is 2.30. The van der Waals surface area contributed by atoms with Gasteiger partial charge in [-0.05, 0) is 30.3 Å². The van der Waals surface area contributed by atoms with Gasteiger partial charge in [0.15, 0.2) is 0 Å². The average molecular weight is 401 g/mol. The number of halogens is 4. The zero-order valence-corrected chi connectivity index (χ0v) is 14.9. The van der Waals surface area contributed by atoms with E-state index in [1.165, 1.54) is 18.3 Å². The molecule has 0 radical (unpaired) electrons. The molecule has 0 aliphatic heterocycles. The van der Waals surface area contributed by atoms with Crippen LogP contribution in [-0.4, -0.2) is 5.91 Å². The molecule has 0 aromatic heterocycles. The number of carbonyl (C=O) groups is 1. The summed E-state index contributed by atoms with van der Waals surface area (Å²) in [5.41, 5.74) is 0.638. The maximum atomic E-state index is 12.1. The van der Waals surface area contributed by atoms with Crippen molar-refractivity contribution in [1.82, 2.24) is 0 Å². The van der Waals surface area contributed by atoms with Gasteiger partial charge in [0.1, 0.15) is 11.6 Å². The van der Waals surface area contributed by atoms with Crippen LogP contribution < -0.4 is 10.6 Å². The van der Waals surface area contributed by atoms with Gasteiger partial charge in [0.05, 0.1) is 25.8 Å². The fraction of sp³-hybridized carbons (Fsp3) is 0. The minimum absolute atomic E-state index is 0.169. The van der Waals surface area contributed by atoms with Crippen molar-refractivity contribution in [2.75, 3.05) is 10.6 Å². The average Bonchev–Trinajstić information content (AvgIpc) is 2.54. The minimum atomic E-state index is -0.619. The standard InChI is InChI=1S/C16H9Cl4N3O/c17-11-5-4-10(6-14(11)20)23-16(24)9(7-21)8-22-15-12(18)2-1-3-13(15)19/h1-6,8,22H,(H,23,24)/b9-8-. The van der Waals surface area contributed by atoms with Gasteiger partial charge >= 0.3 is 0 Å². The highest BCUT2D eigenvalue weighted by Gasteiger charge is 2.11. The zero-order chi connectivity index (χ0) is 17.7. The highest BCUT2D eigenvalue weighted by molar-refractivity contribution is 6.42. The molecule has 2 N–H and O–H groups in total. The molecule has 0 aliphatic rings. The molecule has 24 heavy (non-hydrogen) atoms. The van der Waals surface area contributed by atoms with Crippen molar-refractivity contribution in [2.45, 2.75) is 0 Å². The fourth-order valence-electron chi connectivity index (χ4n) is 1.70. The molecule has 0 aliphatic carbocycles. The summed E-state index contributed by atoms with van der Waals surface area (Å²) in [4.78, 5) is 12.1. The van der Waals surface area contributed by atoms with Crippen LogP contribution in [0.1, 0.15) is 0 Å². The van der Waals surface area contributed by atoms with Crippen molar-refractivity contribution in [3.8, 4) is 6.07 Å². The van der Waals surface area contributed by atoms with Crippen molar-refractivity contribution in [3.63, 3.8) is 0 Å². The van der Waals surface area contributed by atoms with E-state index in [9.17, 15) is 4.79 Å². The third-order valence-corrected chi connectivity index (χ3v) is 4.24. The van der Waals surface area contributed by atoms with Crippen LogP contribution in [0.5, 0.6) is 0 Å². The van der Waals surface area contributed by atoms with Gasteiger partial charge in [-0.15, -0.1) is 0 Å². The monoisotopic (exact) mass is 399 g/mol. The molecule has 4 nitrogen and oxygen atoms in total. The normalized spacial score (nSPS) is 10.9. The Morgan fingerprint density at radius 1 is 1.00 bits per heavy atom. The number of benzene rings is 2. The molecule has 1 amide bonds. The van der Waals surface area contributed by atoms with E-state index >= 15 is 0 Å². The Morgan fingerprint density at radius 2 is 1.67 bits per heavy atom. The smallest absolute Gasteiger partial charge is 0.267 e. The molecule has 0 unspecified atom stereocenters. The SMILES string of the molecule is N#C/C(=C/Nc1c(Cl)cccc1Cl)C(=O)Nc1ccc(Cl)c(Cl)c1. The van der Waals surface area contributed by atoms with Gasteiger partial charge in [-0.2, -0.15) is 5.26 Å². The summed E-state index contributed by atoms with van der Waals surface area (Å²) < 4.78 is 0. The lowest BCUT2D eigenvalue weighted by molar-refractivity contribution is -0.112. The first-order valence-corrected chi connectivity index (χ1v) is 8.00. The van der Waals surface area contributed by atoms with Gasteiger partial charge in [0.25, 0.3) is 5.91 Å². The summed E-state index contributed by atoms with van der Waals surface area (Å²) in [6, 6.07) is 11.3. The predicted octanol–water partition coefficient (Wildman–Crippen LogP) is 5.76. The van der Waals surface area contributed by atoms with Crippen molar-refractivity contribution in [2.24, 2.45) is 0 Å². The van der Waals surface area contributed by atoms with Crippen LogP contribution in [0.4, 0.5) is 11.4 Å². The number of hydrogen-bond donors (Lipinski definition) is 2. The van der Waals surface area contributed by atoms with Gasteiger partial charge in [-0.1, -0.05) is 52.5 Å². The third-order valence-electron chi connectivity index (χ3n) is 2.87. The van der Waals surface area contributed by atoms with Gasteiger partial charge in [0, 0.05) is 11.9 Å². The molecule has 0 saturated carbocycles. The Bertz CT molecular complexity index is 839. The molecule has 2 aromatic carbocycles. The molecule has 0 saturated heterocycles.